The van der Waals surface area contributed by atoms with E-state index < -0.39 is 0 Å². The molecule has 0 bridgehead atoms. The number of hydrogen-bond acceptors (Lipinski definition) is 4. The summed E-state index contributed by atoms with van der Waals surface area (Å²) in [6, 6.07) is 14.9. The average molecular weight is 390 g/mol. The summed E-state index contributed by atoms with van der Waals surface area (Å²) in [6.07, 6.45) is 3.70. The third kappa shape index (κ3) is 3.08. The monoisotopic (exact) mass is 389 g/mol. The van der Waals surface area contributed by atoms with Gasteiger partial charge >= 0.3 is 0 Å². The molecule has 1 aliphatic carbocycles. The molecule has 1 saturated carbocycles. The van der Waals surface area contributed by atoms with E-state index in [4.69, 9.17) is 0 Å². The molecule has 5 rings (SSSR count). The van der Waals surface area contributed by atoms with Gasteiger partial charge in [-0.05, 0) is 63.7 Å². The van der Waals surface area contributed by atoms with Crippen molar-refractivity contribution in [1.82, 2.24) is 19.8 Å². The van der Waals surface area contributed by atoms with Crippen LogP contribution in [0, 0.1) is 6.92 Å². The van der Waals surface area contributed by atoms with Crippen LogP contribution >= 0.6 is 0 Å². The molecular weight excluding hydrogens is 362 g/mol. The fraction of sp³-hybridized carbons (Fsp3) is 0.391. The van der Waals surface area contributed by atoms with E-state index in [0.717, 1.165) is 53.8 Å². The van der Waals surface area contributed by atoms with Crippen molar-refractivity contribution < 1.29 is 4.79 Å². The van der Waals surface area contributed by atoms with E-state index >= 15 is 0 Å². The number of anilines is 1. The zero-order chi connectivity index (χ0) is 20.2. The summed E-state index contributed by atoms with van der Waals surface area (Å²) in [5.74, 6) is -0.00989. The lowest BCUT2D eigenvalue weighted by atomic mass is 10.0. The van der Waals surface area contributed by atoms with E-state index in [0.29, 0.717) is 6.04 Å². The number of para-hydroxylation sites is 2. The van der Waals surface area contributed by atoms with E-state index in [9.17, 15) is 4.79 Å². The van der Waals surface area contributed by atoms with Crippen molar-refractivity contribution in [3.8, 4) is 0 Å². The fourth-order valence-electron chi connectivity index (χ4n) is 4.17. The van der Waals surface area contributed by atoms with Gasteiger partial charge in [0.15, 0.2) is 0 Å². The number of rotatable bonds is 5. The Balaban J connectivity index is 1.38. The second kappa shape index (κ2) is 6.59. The Kier molecular flexibility index (Phi) is 4.13. The molecule has 2 aromatic carbocycles. The minimum absolute atomic E-state index is 0.00989. The van der Waals surface area contributed by atoms with Crippen molar-refractivity contribution in [2.45, 2.75) is 31.5 Å². The van der Waals surface area contributed by atoms with Crippen LogP contribution in [0.15, 0.2) is 48.8 Å². The Morgan fingerprint density at radius 2 is 1.93 bits per heavy atom. The largest absolute Gasteiger partial charge is 0.368 e. The Hall–Kier alpha value is -2.86. The Morgan fingerprint density at radius 1 is 1.17 bits per heavy atom. The number of fused-ring (bicyclic) bond motifs is 1. The van der Waals surface area contributed by atoms with Crippen molar-refractivity contribution >= 4 is 22.6 Å². The van der Waals surface area contributed by atoms with E-state index in [1.165, 1.54) is 0 Å². The molecular formula is C23H27N5O. The molecule has 1 aromatic heterocycles. The van der Waals surface area contributed by atoms with Gasteiger partial charge in [0.2, 0.25) is 0 Å². The summed E-state index contributed by atoms with van der Waals surface area (Å²) in [6.45, 7) is 4.01. The van der Waals surface area contributed by atoms with E-state index in [1.54, 1.807) is 0 Å². The number of imidazole rings is 1. The zero-order valence-corrected chi connectivity index (χ0v) is 17.2. The molecule has 1 amide bonds. The van der Waals surface area contributed by atoms with Crippen molar-refractivity contribution in [3.05, 3.63) is 59.9 Å². The maximum atomic E-state index is 13.2. The highest BCUT2D eigenvalue weighted by atomic mass is 16.2. The molecule has 3 aromatic rings. The number of nitrogens with zero attached hydrogens (tertiary/aromatic N) is 4. The summed E-state index contributed by atoms with van der Waals surface area (Å²) in [5, 5.41) is 3.31. The molecule has 1 N–H and O–H groups in total. The number of aryl methyl sites for hydroxylation is 1. The Morgan fingerprint density at radius 3 is 2.66 bits per heavy atom. The number of carbonyl (C=O) groups is 1. The molecule has 2 fully saturated rings. The van der Waals surface area contributed by atoms with Crippen molar-refractivity contribution in [2.75, 3.05) is 32.1 Å². The van der Waals surface area contributed by atoms with Crippen LogP contribution in [0.2, 0.25) is 0 Å². The van der Waals surface area contributed by atoms with E-state index in [-0.39, 0.29) is 11.6 Å². The van der Waals surface area contributed by atoms with E-state index in [2.05, 4.69) is 57.0 Å². The van der Waals surface area contributed by atoms with Crippen molar-refractivity contribution in [3.63, 3.8) is 0 Å². The van der Waals surface area contributed by atoms with Crippen LogP contribution < -0.4 is 10.2 Å². The van der Waals surface area contributed by atoms with Gasteiger partial charge in [0.1, 0.15) is 5.66 Å². The summed E-state index contributed by atoms with van der Waals surface area (Å²) < 4.78 is 2.12. The number of benzene rings is 2. The van der Waals surface area contributed by atoms with Gasteiger partial charge in [-0.15, -0.1) is 0 Å². The van der Waals surface area contributed by atoms with E-state index in [1.807, 2.05) is 37.5 Å². The van der Waals surface area contributed by atoms with Crippen LogP contribution in [0.25, 0.3) is 11.0 Å². The first-order valence-electron chi connectivity index (χ1n) is 10.2. The third-order valence-corrected chi connectivity index (χ3v) is 6.41. The van der Waals surface area contributed by atoms with Gasteiger partial charge in [-0.1, -0.05) is 18.2 Å². The Labute approximate surface area is 171 Å². The summed E-state index contributed by atoms with van der Waals surface area (Å²) >= 11 is 0. The molecule has 0 atom stereocenters. The van der Waals surface area contributed by atoms with Gasteiger partial charge in [-0.25, -0.2) is 4.98 Å². The second-order valence-corrected chi connectivity index (χ2v) is 8.61. The molecule has 6 heteroatoms. The van der Waals surface area contributed by atoms with Gasteiger partial charge in [0.05, 0.1) is 17.4 Å². The maximum absolute atomic E-state index is 13.2. The smallest absolute Gasteiger partial charge is 0.253 e. The van der Waals surface area contributed by atoms with Crippen LogP contribution in [0.4, 0.5) is 5.69 Å². The molecule has 0 radical (unpaired) electrons. The van der Waals surface area contributed by atoms with Gasteiger partial charge in [-0.2, -0.15) is 0 Å². The molecule has 0 spiro atoms. The van der Waals surface area contributed by atoms with Crippen LogP contribution in [-0.2, 0) is 5.66 Å². The molecule has 1 saturated heterocycles. The molecule has 1 aliphatic heterocycles. The number of amides is 1. The SMILES string of the molecule is Cc1ccc(N2CC(N(C)C)C2)cc1C(=O)NC1(n2cnc3ccccc32)CC1. The number of hydrogen-bond donors (Lipinski definition) is 1. The highest BCUT2D eigenvalue weighted by Crippen LogP contribution is 2.43. The lowest BCUT2D eigenvalue weighted by molar-refractivity contribution is 0.0911. The molecule has 6 nitrogen and oxygen atoms in total. The minimum Gasteiger partial charge on any atom is -0.368 e. The summed E-state index contributed by atoms with van der Waals surface area (Å²) in [7, 11) is 4.23. The Bertz CT molecular complexity index is 1080. The molecule has 150 valence electrons. The van der Waals surface area contributed by atoms with Crippen LogP contribution in [-0.4, -0.2) is 53.6 Å². The number of carbonyl (C=O) groups excluding carboxylic acids is 1. The normalized spacial score (nSPS) is 18.1. The summed E-state index contributed by atoms with van der Waals surface area (Å²) in [5.41, 5.74) is 4.54. The first kappa shape index (κ1) is 18.2. The first-order chi connectivity index (χ1) is 14.0. The minimum atomic E-state index is -0.359. The molecule has 2 aliphatic rings. The topological polar surface area (TPSA) is 53.4 Å². The van der Waals surface area contributed by atoms with Gasteiger partial charge < -0.3 is 19.7 Å². The molecule has 0 unspecified atom stereocenters. The quantitative estimate of drug-likeness (QED) is 0.729. The standard InChI is InChI=1S/C23H27N5O/c1-16-8-9-17(27-13-18(14-27)26(2)3)12-19(16)22(29)25-23(10-11-23)28-15-24-20-6-4-5-7-21(20)28/h4-9,12,15,18H,10-11,13-14H2,1-3H3,(H,25,29). The van der Waals surface area contributed by atoms with Crippen LogP contribution in [0.5, 0.6) is 0 Å². The molecule has 29 heavy (non-hydrogen) atoms. The highest BCUT2D eigenvalue weighted by molar-refractivity contribution is 5.97. The predicted octanol–water partition coefficient (Wildman–Crippen LogP) is 2.97. The molecule has 2 heterocycles. The predicted molar refractivity (Wildman–Crippen MR) is 115 cm³/mol. The lowest BCUT2D eigenvalue weighted by Gasteiger charge is -2.44. The zero-order valence-electron chi connectivity index (χ0n) is 17.2. The van der Waals surface area contributed by atoms with Gasteiger partial charge in [-0.3, -0.25) is 4.79 Å². The van der Waals surface area contributed by atoms with Crippen molar-refractivity contribution in [2.24, 2.45) is 0 Å². The fourth-order valence-corrected chi connectivity index (χ4v) is 4.17. The van der Waals surface area contributed by atoms with Gasteiger partial charge in [0.25, 0.3) is 5.91 Å². The van der Waals surface area contributed by atoms with Gasteiger partial charge in [0, 0.05) is 30.4 Å². The first-order valence-corrected chi connectivity index (χ1v) is 10.2. The number of aromatic nitrogens is 2. The number of nitrogens with one attached hydrogen (secondary N) is 1. The second-order valence-electron chi connectivity index (χ2n) is 8.61. The average Bonchev–Trinajstić information content (AvgIpc) is 3.29. The van der Waals surface area contributed by atoms with Crippen LogP contribution in [0.1, 0.15) is 28.8 Å². The highest BCUT2D eigenvalue weighted by Gasteiger charge is 2.47. The lowest BCUT2D eigenvalue weighted by Crippen LogP contribution is -2.57. The van der Waals surface area contributed by atoms with Crippen molar-refractivity contribution in [1.29, 1.82) is 0 Å². The number of likely N-dealkylation sites (N-methyl/N-ethyl adjacent to an activating group) is 1. The maximum Gasteiger partial charge on any atom is 0.253 e. The summed E-state index contributed by atoms with van der Waals surface area (Å²) in [4.78, 5) is 22.3. The van der Waals surface area contributed by atoms with Crippen LogP contribution in [0.3, 0.4) is 0 Å². The third-order valence-electron chi connectivity index (χ3n) is 6.41.